The summed E-state index contributed by atoms with van der Waals surface area (Å²) < 4.78 is 0. The van der Waals surface area contributed by atoms with E-state index in [0.29, 0.717) is 17.8 Å². The first-order chi connectivity index (χ1) is 10.8. The van der Waals surface area contributed by atoms with Gasteiger partial charge in [-0.15, -0.1) is 0 Å². The van der Waals surface area contributed by atoms with Crippen LogP contribution in [0.2, 0.25) is 0 Å². The molecule has 4 aliphatic rings. The molecule has 4 saturated carbocycles. The Morgan fingerprint density at radius 1 is 0.913 bits per heavy atom. The zero-order valence-electron chi connectivity index (χ0n) is 15.2. The summed E-state index contributed by atoms with van der Waals surface area (Å²) in [6.07, 6.45) is 12.5. The van der Waals surface area contributed by atoms with Gasteiger partial charge in [0, 0.05) is 5.41 Å². The van der Waals surface area contributed by atoms with Gasteiger partial charge >= 0.3 is 0 Å². The summed E-state index contributed by atoms with van der Waals surface area (Å²) >= 11 is 0. The fraction of sp³-hybridized carbons (Fsp3) is 0.952. The number of hydrogen-bond acceptors (Lipinski definition) is 2. The van der Waals surface area contributed by atoms with Crippen molar-refractivity contribution in [2.75, 3.05) is 0 Å². The first-order valence-electron chi connectivity index (χ1n) is 10.1. The second-order valence-corrected chi connectivity index (χ2v) is 9.81. The minimum atomic E-state index is -1.05. The van der Waals surface area contributed by atoms with Crippen molar-refractivity contribution >= 4 is 5.78 Å². The molecule has 0 aromatic rings. The van der Waals surface area contributed by atoms with Crippen LogP contribution in [-0.4, -0.2) is 16.5 Å². The van der Waals surface area contributed by atoms with Gasteiger partial charge in [-0.3, -0.25) is 4.79 Å². The van der Waals surface area contributed by atoms with Gasteiger partial charge in [-0.1, -0.05) is 26.7 Å². The number of aliphatic hydroxyl groups is 1. The highest BCUT2D eigenvalue weighted by Crippen LogP contribution is 2.68. The van der Waals surface area contributed by atoms with E-state index < -0.39 is 5.60 Å². The maximum atomic E-state index is 12.2. The van der Waals surface area contributed by atoms with Crippen molar-refractivity contribution in [3.63, 3.8) is 0 Å². The fourth-order valence-electron chi connectivity index (χ4n) is 7.89. The van der Waals surface area contributed by atoms with E-state index in [4.69, 9.17) is 0 Å². The standard InChI is InChI=1S/C21H34O2/c1-14(22)21(23)13-10-18-16-8-7-15-6-4-5-11-19(15,2)17(16)9-12-20(18,21)3/h15-18,23H,4-13H2,1-3H3/t15-,16?,17?,18?,19?,20?,21+/m0/s1. The van der Waals surface area contributed by atoms with Crippen molar-refractivity contribution in [1.29, 1.82) is 0 Å². The van der Waals surface area contributed by atoms with Crippen molar-refractivity contribution in [2.45, 2.75) is 90.6 Å². The van der Waals surface area contributed by atoms with E-state index in [0.717, 1.165) is 30.6 Å². The lowest BCUT2D eigenvalue weighted by atomic mass is 9.44. The molecule has 2 nitrogen and oxygen atoms in total. The molecule has 130 valence electrons. The normalized spacial score (nSPS) is 55.7. The number of carbonyl (C=O) groups excluding carboxylic acids is 1. The summed E-state index contributed by atoms with van der Waals surface area (Å²) in [6, 6.07) is 0. The van der Waals surface area contributed by atoms with Crippen LogP contribution in [0.3, 0.4) is 0 Å². The molecular formula is C21H34O2. The Morgan fingerprint density at radius 2 is 1.65 bits per heavy atom. The maximum Gasteiger partial charge on any atom is 0.161 e. The van der Waals surface area contributed by atoms with Crippen molar-refractivity contribution in [1.82, 2.24) is 0 Å². The van der Waals surface area contributed by atoms with Crippen molar-refractivity contribution in [3.05, 3.63) is 0 Å². The van der Waals surface area contributed by atoms with Gasteiger partial charge in [-0.25, -0.2) is 0 Å². The lowest BCUT2D eigenvalue weighted by Gasteiger charge is -2.61. The molecule has 0 amide bonds. The van der Waals surface area contributed by atoms with E-state index in [9.17, 15) is 9.90 Å². The van der Waals surface area contributed by atoms with Gasteiger partial charge in [0.05, 0.1) is 0 Å². The molecule has 0 heterocycles. The van der Waals surface area contributed by atoms with Gasteiger partial charge in [0.15, 0.2) is 5.78 Å². The second-order valence-electron chi connectivity index (χ2n) is 9.81. The lowest BCUT2D eigenvalue weighted by Crippen LogP contribution is -2.58. The van der Waals surface area contributed by atoms with Crippen LogP contribution in [0.4, 0.5) is 0 Å². The van der Waals surface area contributed by atoms with Crippen LogP contribution in [0.1, 0.15) is 85.0 Å². The molecule has 0 spiro atoms. The Bertz CT molecular complexity index is 514. The monoisotopic (exact) mass is 318 g/mol. The Balaban J connectivity index is 1.67. The fourth-order valence-corrected chi connectivity index (χ4v) is 7.89. The van der Waals surface area contributed by atoms with Crippen molar-refractivity contribution in [2.24, 2.45) is 34.5 Å². The van der Waals surface area contributed by atoms with Crippen LogP contribution in [0.15, 0.2) is 0 Å². The topological polar surface area (TPSA) is 37.3 Å². The number of carbonyl (C=O) groups is 1. The van der Waals surface area contributed by atoms with Gasteiger partial charge in [-0.2, -0.15) is 0 Å². The number of ketones is 1. The highest BCUT2D eigenvalue weighted by molar-refractivity contribution is 5.86. The zero-order valence-corrected chi connectivity index (χ0v) is 15.2. The van der Waals surface area contributed by atoms with Gasteiger partial charge in [-0.05, 0) is 87.4 Å². The van der Waals surface area contributed by atoms with Crippen LogP contribution in [0, 0.1) is 34.5 Å². The molecule has 0 aromatic carbocycles. The largest absolute Gasteiger partial charge is 0.382 e. The highest BCUT2D eigenvalue weighted by atomic mass is 16.3. The van der Waals surface area contributed by atoms with E-state index in [-0.39, 0.29) is 11.2 Å². The molecule has 0 radical (unpaired) electrons. The van der Waals surface area contributed by atoms with E-state index in [1.807, 2.05) is 0 Å². The third kappa shape index (κ3) is 1.94. The van der Waals surface area contributed by atoms with Gasteiger partial charge in [0.25, 0.3) is 0 Å². The van der Waals surface area contributed by atoms with Crippen molar-refractivity contribution < 1.29 is 9.90 Å². The summed E-state index contributed by atoms with van der Waals surface area (Å²) in [6.45, 7) is 6.43. The molecule has 5 unspecified atom stereocenters. The molecular weight excluding hydrogens is 284 g/mol. The summed E-state index contributed by atoms with van der Waals surface area (Å²) in [5.74, 6) is 3.11. The molecule has 4 rings (SSSR count). The number of Topliss-reactive ketones (excluding diaryl/α,β-unsaturated/α-hetero) is 1. The lowest BCUT2D eigenvalue weighted by molar-refractivity contribution is -0.167. The van der Waals surface area contributed by atoms with Crippen molar-refractivity contribution in [3.8, 4) is 0 Å². The quantitative estimate of drug-likeness (QED) is 0.758. The predicted molar refractivity (Wildman–Crippen MR) is 92.0 cm³/mol. The minimum Gasteiger partial charge on any atom is -0.382 e. The molecule has 4 aliphatic carbocycles. The first kappa shape index (κ1) is 16.1. The summed E-state index contributed by atoms with van der Waals surface area (Å²) in [4.78, 5) is 12.2. The van der Waals surface area contributed by atoms with Crippen LogP contribution in [0.25, 0.3) is 0 Å². The van der Waals surface area contributed by atoms with Crippen LogP contribution in [-0.2, 0) is 4.79 Å². The van der Waals surface area contributed by atoms with Gasteiger partial charge in [0.2, 0.25) is 0 Å². The molecule has 4 fully saturated rings. The molecule has 7 atom stereocenters. The number of rotatable bonds is 1. The molecule has 0 saturated heterocycles. The number of fused-ring (bicyclic) bond motifs is 5. The summed E-state index contributed by atoms with van der Waals surface area (Å²) in [5.41, 5.74) is -0.676. The van der Waals surface area contributed by atoms with E-state index in [2.05, 4.69) is 13.8 Å². The predicted octanol–water partition coefficient (Wildman–Crippen LogP) is 4.74. The average Bonchev–Trinajstić information content (AvgIpc) is 2.80. The Morgan fingerprint density at radius 3 is 2.39 bits per heavy atom. The molecule has 23 heavy (non-hydrogen) atoms. The maximum absolute atomic E-state index is 12.2. The SMILES string of the molecule is CC(=O)[C@]1(O)CCC2C3CC[C@@H]4CCCCC4(C)C3CCC21C. The van der Waals surface area contributed by atoms with Gasteiger partial charge < -0.3 is 5.11 Å². The first-order valence-corrected chi connectivity index (χ1v) is 10.1. The minimum absolute atomic E-state index is 0.0125. The molecule has 1 N–H and O–H groups in total. The Kier molecular flexibility index (Phi) is 3.55. The van der Waals surface area contributed by atoms with E-state index in [1.54, 1.807) is 6.92 Å². The van der Waals surface area contributed by atoms with Crippen LogP contribution >= 0.6 is 0 Å². The summed E-state index contributed by atoms with van der Waals surface area (Å²) in [5, 5.41) is 11.2. The Hall–Kier alpha value is -0.370. The molecule has 0 aliphatic heterocycles. The molecule has 2 heteroatoms. The third-order valence-corrected chi connectivity index (χ3v) is 9.32. The number of hydrogen-bond donors (Lipinski definition) is 1. The summed E-state index contributed by atoms with van der Waals surface area (Å²) in [7, 11) is 0. The van der Waals surface area contributed by atoms with Gasteiger partial charge in [0.1, 0.15) is 5.60 Å². The third-order valence-electron chi connectivity index (χ3n) is 9.32. The smallest absolute Gasteiger partial charge is 0.161 e. The zero-order chi connectivity index (χ0) is 16.5. The van der Waals surface area contributed by atoms with E-state index in [1.165, 1.54) is 44.9 Å². The van der Waals surface area contributed by atoms with E-state index >= 15 is 0 Å². The Labute approximate surface area is 141 Å². The second kappa shape index (κ2) is 5.07. The average molecular weight is 319 g/mol. The van der Waals surface area contributed by atoms with Crippen LogP contribution < -0.4 is 0 Å². The molecule has 0 bridgehead atoms. The van der Waals surface area contributed by atoms with Crippen LogP contribution in [0.5, 0.6) is 0 Å². The molecule has 0 aromatic heterocycles. The highest BCUT2D eigenvalue weighted by Gasteiger charge is 2.65.